The standard InChI is InChI=1S/C31H35N3O4/c1-18-10-12-21(13-11-18)26-23-16-19(2)33-14-15-34(24-9-7-8-22(17-35)32-24)27(28(23)33)20(3)25(26)29(30(36)37)38-31(4,5)6/h7-13,16,29,35H,14-15,17H2,1-6H3,(H,36,37)/t29-/m0/s1. The molecule has 2 aromatic heterocycles. The quantitative estimate of drug-likeness (QED) is 0.319. The molecule has 0 aliphatic carbocycles. The fraction of sp³-hybridized carbons (Fsp3) is 0.355. The number of rotatable bonds is 6. The third-order valence-electron chi connectivity index (χ3n) is 7.17. The molecule has 7 nitrogen and oxygen atoms in total. The van der Waals surface area contributed by atoms with Crippen LogP contribution in [0.5, 0.6) is 0 Å². The van der Waals surface area contributed by atoms with Crippen molar-refractivity contribution in [2.75, 3.05) is 11.4 Å². The van der Waals surface area contributed by atoms with Crippen molar-refractivity contribution in [3.8, 4) is 11.1 Å². The molecule has 0 bridgehead atoms. The van der Waals surface area contributed by atoms with Gasteiger partial charge in [-0.3, -0.25) is 0 Å². The number of aliphatic hydroxyl groups excluding tert-OH is 1. The Morgan fingerprint density at radius 2 is 1.79 bits per heavy atom. The second kappa shape index (κ2) is 9.57. The molecular formula is C31H35N3O4. The number of aliphatic carboxylic acids is 1. The van der Waals surface area contributed by atoms with Crippen LogP contribution < -0.4 is 4.90 Å². The third kappa shape index (κ3) is 4.46. The zero-order chi connectivity index (χ0) is 27.4. The Balaban J connectivity index is 1.90. The normalized spacial score (nSPS) is 14.2. The number of hydrogen-bond acceptors (Lipinski definition) is 5. The summed E-state index contributed by atoms with van der Waals surface area (Å²) in [6.07, 6.45) is -1.17. The zero-order valence-corrected chi connectivity index (χ0v) is 22.9. The highest BCUT2D eigenvalue weighted by Gasteiger charge is 2.36. The number of nitrogens with zero attached hydrogens (tertiary/aromatic N) is 3. The maximum Gasteiger partial charge on any atom is 0.337 e. The first-order valence-corrected chi connectivity index (χ1v) is 13.0. The highest BCUT2D eigenvalue weighted by Crippen LogP contribution is 2.49. The molecule has 2 N–H and O–H groups in total. The minimum Gasteiger partial charge on any atom is -0.479 e. The number of carboxylic acids is 1. The monoisotopic (exact) mass is 513 g/mol. The zero-order valence-electron chi connectivity index (χ0n) is 22.9. The lowest BCUT2D eigenvalue weighted by molar-refractivity contribution is -0.160. The number of pyridine rings is 1. The molecule has 1 aliphatic rings. The smallest absolute Gasteiger partial charge is 0.337 e. The van der Waals surface area contributed by atoms with Gasteiger partial charge < -0.3 is 24.4 Å². The molecule has 0 radical (unpaired) electrons. The van der Waals surface area contributed by atoms with Crippen LogP contribution in [0.4, 0.5) is 11.5 Å². The van der Waals surface area contributed by atoms with E-state index in [2.05, 4.69) is 46.7 Å². The van der Waals surface area contributed by atoms with E-state index < -0.39 is 17.7 Å². The van der Waals surface area contributed by atoms with E-state index in [4.69, 9.17) is 9.72 Å². The number of carboxylic acid groups (broad SMARTS) is 1. The fourth-order valence-corrected chi connectivity index (χ4v) is 5.57. The molecule has 3 heterocycles. The predicted octanol–water partition coefficient (Wildman–Crippen LogP) is 6.21. The Hall–Kier alpha value is -3.68. The van der Waals surface area contributed by atoms with Crippen molar-refractivity contribution in [2.24, 2.45) is 0 Å². The van der Waals surface area contributed by atoms with E-state index >= 15 is 0 Å². The Morgan fingerprint density at radius 1 is 1.08 bits per heavy atom. The van der Waals surface area contributed by atoms with Gasteiger partial charge in [0.25, 0.3) is 0 Å². The summed E-state index contributed by atoms with van der Waals surface area (Å²) in [6.45, 7) is 13.0. The number of anilines is 2. The largest absolute Gasteiger partial charge is 0.479 e. The van der Waals surface area contributed by atoms with E-state index in [0.717, 1.165) is 56.9 Å². The van der Waals surface area contributed by atoms with Gasteiger partial charge in [-0.1, -0.05) is 35.9 Å². The van der Waals surface area contributed by atoms with Crippen molar-refractivity contribution in [2.45, 2.75) is 66.4 Å². The first kappa shape index (κ1) is 25.9. The Bertz CT molecular complexity index is 1530. The van der Waals surface area contributed by atoms with Crippen LogP contribution in [0.3, 0.4) is 0 Å². The average Bonchev–Trinajstić information content (AvgIpc) is 3.21. The van der Waals surface area contributed by atoms with Gasteiger partial charge in [-0.2, -0.15) is 0 Å². The van der Waals surface area contributed by atoms with Crippen LogP contribution in [-0.2, 0) is 22.7 Å². The molecule has 4 aromatic rings. The van der Waals surface area contributed by atoms with Gasteiger partial charge in [0.15, 0.2) is 6.10 Å². The topological polar surface area (TPSA) is 87.8 Å². The summed E-state index contributed by atoms with van der Waals surface area (Å²) in [7, 11) is 0. The van der Waals surface area contributed by atoms with Crippen LogP contribution in [0.15, 0.2) is 48.5 Å². The first-order chi connectivity index (χ1) is 18.0. The van der Waals surface area contributed by atoms with Gasteiger partial charge in [-0.25, -0.2) is 9.78 Å². The van der Waals surface area contributed by atoms with Gasteiger partial charge in [-0.15, -0.1) is 0 Å². The summed E-state index contributed by atoms with van der Waals surface area (Å²) in [6, 6.07) is 16.0. The van der Waals surface area contributed by atoms with E-state index in [-0.39, 0.29) is 6.61 Å². The van der Waals surface area contributed by atoms with Gasteiger partial charge in [0.1, 0.15) is 5.82 Å². The molecule has 0 unspecified atom stereocenters. The van der Waals surface area contributed by atoms with Gasteiger partial charge >= 0.3 is 5.97 Å². The summed E-state index contributed by atoms with van der Waals surface area (Å²) in [5.74, 6) is -0.300. The second-order valence-electron chi connectivity index (χ2n) is 11.1. The summed E-state index contributed by atoms with van der Waals surface area (Å²) < 4.78 is 8.57. The van der Waals surface area contributed by atoms with E-state index in [1.54, 1.807) is 6.07 Å². The molecule has 1 aliphatic heterocycles. The SMILES string of the molecule is Cc1ccc(-c2c([C@H](OC(C)(C)C)C(=O)O)c(C)c3c4c2cc(C)n4CCN3c2cccc(CO)n2)cc1. The molecule has 0 fully saturated rings. The van der Waals surface area contributed by atoms with E-state index in [0.29, 0.717) is 17.8 Å². The van der Waals surface area contributed by atoms with Crippen LogP contribution in [0, 0.1) is 20.8 Å². The number of hydrogen-bond donors (Lipinski definition) is 2. The maximum atomic E-state index is 12.8. The average molecular weight is 514 g/mol. The lowest BCUT2D eigenvalue weighted by Gasteiger charge is -2.35. The van der Waals surface area contributed by atoms with E-state index in [9.17, 15) is 15.0 Å². The van der Waals surface area contributed by atoms with Gasteiger partial charge in [0.2, 0.25) is 0 Å². The Labute approximate surface area is 223 Å². The molecule has 7 heteroatoms. The van der Waals surface area contributed by atoms with Crippen molar-refractivity contribution in [3.63, 3.8) is 0 Å². The van der Waals surface area contributed by atoms with E-state index in [1.807, 2.05) is 46.8 Å². The molecule has 1 atom stereocenters. The highest BCUT2D eigenvalue weighted by atomic mass is 16.5. The number of aliphatic hydroxyl groups is 1. The molecule has 0 amide bonds. The van der Waals surface area contributed by atoms with Gasteiger partial charge in [0, 0.05) is 29.7 Å². The molecule has 0 saturated heterocycles. The molecule has 198 valence electrons. The summed E-state index contributed by atoms with van der Waals surface area (Å²) >= 11 is 0. The third-order valence-corrected chi connectivity index (χ3v) is 7.17. The lowest BCUT2D eigenvalue weighted by Crippen LogP contribution is -2.31. The van der Waals surface area contributed by atoms with Crippen LogP contribution in [0.2, 0.25) is 0 Å². The maximum absolute atomic E-state index is 12.8. The number of aryl methyl sites for hydroxylation is 2. The van der Waals surface area contributed by atoms with Gasteiger partial charge in [0.05, 0.1) is 29.1 Å². The molecule has 38 heavy (non-hydrogen) atoms. The van der Waals surface area contributed by atoms with Crippen LogP contribution in [0.1, 0.15) is 55.0 Å². The Morgan fingerprint density at radius 3 is 2.42 bits per heavy atom. The molecular weight excluding hydrogens is 478 g/mol. The van der Waals surface area contributed by atoms with Crippen molar-refractivity contribution >= 4 is 28.4 Å². The minimum absolute atomic E-state index is 0.149. The summed E-state index contributed by atoms with van der Waals surface area (Å²) in [5.41, 5.74) is 7.49. The second-order valence-corrected chi connectivity index (χ2v) is 11.1. The predicted molar refractivity (Wildman–Crippen MR) is 150 cm³/mol. The molecule has 0 spiro atoms. The molecule has 5 rings (SSSR count). The Kier molecular flexibility index (Phi) is 6.53. The first-order valence-electron chi connectivity index (χ1n) is 13.0. The van der Waals surface area contributed by atoms with Crippen molar-refractivity contribution < 1.29 is 19.7 Å². The number of aromatic nitrogens is 2. The highest BCUT2D eigenvalue weighted by molar-refractivity contribution is 6.08. The lowest BCUT2D eigenvalue weighted by atomic mass is 9.87. The number of ether oxygens (including phenoxy) is 1. The summed E-state index contributed by atoms with van der Waals surface area (Å²) in [5, 5.41) is 21.2. The minimum atomic E-state index is -1.17. The number of carbonyl (C=O) groups is 1. The fourth-order valence-electron chi connectivity index (χ4n) is 5.57. The molecule has 2 aromatic carbocycles. The van der Waals surface area contributed by atoms with Gasteiger partial charge in [-0.05, 0) is 76.4 Å². The van der Waals surface area contributed by atoms with E-state index in [1.165, 1.54) is 0 Å². The van der Waals surface area contributed by atoms with Crippen LogP contribution in [0.25, 0.3) is 22.0 Å². The van der Waals surface area contributed by atoms with Crippen molar-refractivity contribution in [1.29, 1.82) is 0 Å². The van der Waals surface area contributed by atoms with Crippen molar-refractivity contribution in [1.82, 2.24) is 9.55 Å². The molecule has 0 saturated carbocycles. The van der Waals surface area contributed by atoms with Crippen LogP contribution >= 0.6 is 0 Å². The number of benzene rings is 2. The summed E-state index contributed by atoms with van der Waals surface area (Å²) in [4.78, 5) is 19.7. The van der Waals surface area contributed by atoms with Crippen LogP contribution in [-0.4, -0.2) is 37.9 Å². The van der Waals surface area contributed by atoms with Crippen molar-refractivity contribution in [3.05, 3.63) is 76.6 Å².